The maximum absolute atomic E-state index is 12.5. The van der Waals surface area contributed by atoms with Crippen molar-refractivity contribution < 1.29 is 13.2 Å². The van der Waals surface area contributed by atoms with Crippen molar-refractivity contribution in [1.29, 1.82) is 0 Å². The zero-order chi connectivity index (χ0) is 13.9. The van der Waals surface area contributed by atoms with E-state index in [1.807, 2.05) is 6.92 Å². The van der Waals surface area contributed by atoms with Gasteiger partial charge in [-0.3, -0.25) is 5.10 Å². The molecule has 1 fully saturated rings. The van der Waals surface area contributed by atoms with Gasteiger partial charge in [-0.25, -0.2) is 8.42 Å². The van der Waals surface area contributed by atoms with Crippen LogP contribution in [-0.2, 0) is 21.3 Å². The molecule has 1 saturated heterocycles. The molecule has 3 N–H and O–H groups in total. The minimum absolute atomic E-state index is 0.116. The smallest absolute Gasteiger partial charge is 0.260 e. The molecule has 0 aromatic carbocycles. The summed E-state index contributed by atoms with van der Waals surface area (Å²) in [6, 6.07) is 0. The van der Waals surface area contributed by atoms with Gasteiger partial charge in [0.05, 0.1) is 12.3 Å². The molecule has 19 heavy (non-hydrogen) atoms. The largest absolute Gasteiger partial charge is 0.378 e. The van der Waals surface area contributed by atoms with Crippen LogP contribution in [0.5, 0.6) is 0 Å². The van der Waals surface area contributed by atoms with Gasteiger partial charge >= 0.3 is 0 Å². The minimum Gasteiger partial charge on any atom is -0.378 e. The number of aromatic nitrogens is 2. The van der Waals surface area contributed by atoms with Crippen LogP contribution >= 0.6 is 0 Å². The molecule has 1 aromatic rings. The summed E-state index contributed by atoms with van der Waals surface area (Å²) in [6.07, 6.45) is 3.06. The van der Waals surface area contributed by atoms with E-state index in [-0.39, 0.29) is 17.7 Å². The summed E-state index contributed by atoms with van der Waals surface area (Å²) >= 11 is 0. The maximum Gasteiger partial charge on any atom is 0.260 e. The van der Waals surface area contributed by atoms with Crippen LogP contribution in [0.15, 0.2) is 11.2 Å². The van der Waals surface area contributed by atoms with Crippen molar-refractivity contribution in [2.75, 3.05) is 19.7 Å². The summed E-state index contributed by atoms with van der Waals surface area (Å²) in [6.45, 7) is 3.70. The van der Waals surface area contributed by atoms with E-state index in [0.717, 1.165) is 12.8 Å². The van der Waals surface area contributed by atoms with Crippen molar-refractivity contribution in [3.8, 4) is 0 Å². The number of aromatic amines is 1. The lowest BCUT2D eigenvalue weighted by molar-refractivity contribution is 0.0289. The average Bonchev–Trinajstić information content (AvgIpc) is 2.89. The van der Waals surface area contributed by atoms with Gasteiger partial charge in [0.1, 0.15) is 0 Å². The molecule has 1 aromatic heterocycles. The molecule has 0 aliphatic carbocycles. The van der Waals surface area contributed by atoms with Gasteiger partial charge in [0.15, 0.2) is 5.03 Å². The molecular weight excluding hydrogens is 268 g/mol. The van der Waals surface area contributed by atoms with E-state index in [1.54, 1.807) is 0 Å². The number of nitrogens with one attached hydrogen (secondary N) is 1. The SMILES string of the molecule is CCOC1CCN(S(=O)(=O)c2[nH]ncc2CN)CC1. The summed E-state index contributed by atoms with van der Waals surface area (Å²) in [5.74, 6) is 0. The fourth-order valence-corrected chi connectivity index (χ4v) is 3.86. The van der Waals surface area contributed by atoms with Crippen LogP contribution in [0.4, 0.5) is 0 Å². The summed E-state index contributed by atoms with van der Waals surface area (Å²) in [4.78, 5) is 0. The van der Waals surface area contributed by atoms with Crippen molar-refractivity contribution in [1.82, 2.24) is 14.5 Å². The van der Waals surface area contributed by atoms with Crippen LogP contribution in [0.25, 0.3) is 0 Å². The van der Waals surface area contributed by atoms with Crippen LogP contribution in [0.2, 0.25) is 0 Å². The average molecular weight is 288 g/mol. The molecule has 1 aliphatic rings. The van der Waals surface area contributed by atoms with Crippen LogP contribution in [0.1, 0.15) is 25.3 Å². The van der Waals surface area contributed by atoms with Crippen LogP contribution in [-0.4, -0.2) is 48.7 Å². The minimum atomic E-state index is -3.52. The van der Waals surface area contributed by atoms with Crippen LogP contribution in [0, 0.1) is 0 Å². The van der Waals surface area contributed by atoms with Gasteiger partial charge in [0.2, 0.25) is 0 Å². The monoisotopic (exact) mass is 288 g/mol. The quantitative estimate of drug-likeness (QED) is 0.797. The van der Waals surface area contributed by atoms with Crippen molar-refractivity contribution >= 4 is 10.0 Å². The number of hydrogen-bond donors (Lipinski definition) is 2. The summed E-state index contributed by atoms with van der Waals surface area (Å²) in [5, 5.41) is 6.42. The van der Waals surface area contributed by atoms with Crippen LogP contribution < -0.4 is 5.73 Å². The Bertz CT molecular complexity index is 506. The fourth-order valence-electron chi connectivity index (χ4n) is 2.27. The first-order valence-corrected chi connectivity index (χ1v) is 7.87. The Morgan fingerprint density at radius 2 is 2.21 bits per heavy atom. The third-order valence-corrected chi connectivity index (χ3v) is 5.21. The lowest BCUT2D eigenvalue weighted by Gasteiger charge is -2.30. The van der Waals surface area contributed by atoms with Gasteiger partial charge in [-0.1, -0.05) is 0 Å². The number of nitrogens with zero attached hydrogens (tertiary/aromatic N) is 2. The van der Waals surface area contributed by atoms with Crippen LogP contribution in [0.3, 0.4) is 0 Å². The van der Waals surface area contributed by atoms with E-state index < -0.39 is 10.0 Å². The normalized spacial score (nSPS) is 18.8. The highest BCUT2D eigenvalue weighted by Crippen LogP contribution is 2.22. The molecule has 108 valence electrons. The maximum atomic E-state index is 12.5. The highest BCUT2D eigenvalue weighted by atomic mass is 32.2. The molecule has 2 heterocycles. The van der Waals surface area contributed by atoms with Gasteiger partial charge in [0.25, 0.3) is 10.0 Å². The van der Waals surface area contributed by atoms with E-state index >= 15 is 0 Å². The Morgan fingerprint density at radius 3 is 2.79 bits per heavy atom. The van der Waals surface area contributed by atoms with Crippen molar-refractivity contribution in [3.63, 3.8) is 0 Å². The molecule has 0 radical (unpaired) electrons. The number of rotatable bonds is 5. The number of hydrogen-bond acceptors (Lipinski definition) is 5. The number of ether oxygens (including phenoxy) is 1. The molecular formula is C11H20N4O3S. The van der Waals surface area contributed by atoms with E-state index in [4.69, 9.17) is 10.5 Å². The van der Waals surface area contributed by atoms with Gasteiger partial charge < -0.3 is 10.5 Å². The lowest BCUT2D eigenvalue weighted by Crippen LogP contribution is -2.41. The first kappa shape index (κ1) is 14.4. The molecule has 0 unspecified atom stereocenters. The molecule has 8 heteroatoms. The van der Waals surface area contributed by atoms with E-state index in [2.05, 4.69) is 10.2 Å². The zero-order valence-electron chi connectivity index (χ0n) is 11.0. The predicted octanol–water partition coefficient (Wildman–Crippen LogP) is 0.0580. The highest BCUT2D eigenvalue weighted by molar-refractivity contribution is 7.89. The first-order chi connectivity index (χ1) is 9.09. The molecule has 1 aliphatic heterocycles. The van der Waals surface area contributed by atoms with Gasteiger partial charge in [-0.05, 0) is 19.8 Å². The zero-order valence-corrected chi connectivity index (χ0v) is 11.8. The number of H-pyrrole nitrogens is 1. The Hall–Kier alpha value is -0.960. The Morgan fingerprint density at radius 1 is 1.53 bits per heavy atom. The molecule has 7 nitrogen and oxygen atoms in total. The number of nitrogens with two attached hydrogens (primary N) is 1. The summed E-state index contributed by atoms with van der Waals surface area (Å²) in [7, 11) is -3.52. The second kappa shape index (κ2) is 6.00. The topological polar surface area (TPSA) is 101 Å². The van der Waals surface area contributed by atoms with E-state index in [0.29, 0.717) is 25.3 Å². The summed E-state index contributed by atoms with van der Waals surface area (Å²) in [5.41, 5.74) is 6.04. The fraction of sp³-hybridized carbons (Fsp3) is 0.727. The third-order valence-electron chi connectivity index (χ3n) is 3.30. The standard InChI is InChI=1S/C11H20N4O3S/c1-2-18-10-3-5-15(6-4-10)19(16,17)11-9(7-12)8-13-14-11/h8,10H,2-7,12H2,1H3,(H,13,14). The second-order valence-electron chi connectivity index (χ2n) is 4.49. The van der Waals surface area contributed by atoms with Crippen molar-refractivity contribution in [2.24, 2.45) is 5.73 Å². The molecule has 0 saturated carbocycles. The predicted molar refractivity (Wildman–Crippen MR) is 69.9 cm³/mol. The van der Waals surface area contributed by atoms with Gasteiger partial charge in [-0.2, -0.15) is 9.40 Å². The second-order valence-corrected chi connectivity index (χ2v) is 6.36. The van der Waals surface area contributed by atoms with Gasteiger partial charge in [-0.15, -0.1) is 0 Å². The van der Waals surface area contributed by atoms with E-state index in [9.17, 15) is 8.42 Å². The summed E-state index contributed by atoms with van der Waals surface area (Å²) < 4.78 is 31.9. The Labute approximate surface area is 113 Å². The highest BCUT2D eigenvalue weighted by Gasteiger charge is 2.32. The molecule has 0 atom stereocenters. The Kier molecular flexibility index (Phi) is 4.56. The molecule has 0 amide bonds. The van der Waals surface area contributed by atoms with Crippen molar-refractivity contribution in [2.45, 2.75) is 37.4 Å². The number of piperidine rings is 1. The third kappa shape index (κ3) is 2.97. The van der Waals surface area contributed by atoms with E-state index in [1.165, 1.54) is 10.5 Å². The Balaban J connectivity index is 2.10. The van der Waals surface area contributed by atoms with Crippen molar-refractivity contribution in [3.05, 3.63) is 11.8 Å². The lowest BCUT2D eigenvalue weighted by atomic mass is 10.1. The molecule has 0 bridgehead atoms. The number of sulfonamides is 1. The first-order valence-electron chi connectivity index (χ1n) is 6.43. The molecule has 0 spiro atoms. The van der Waals surface area contributed by atoms with Gasteiger partial charge in [0, 0.05) is 31.8 Å². The molecule has 2 rings (SSSR count).